The summed E-state index contributed by atoms with van der Waals surface area (Å²) in [5.74, 6) is -0.0190. The molecule has 0 unspecified atom stereocenters. The lowest BCUT2D eigenvalue weighted by atomic mass is 9.94. The van der Waals surface area contributed by atoms with Crippen LogP contribution in [0, 0.1) is 6.92 Å². The number of thioether (sulfide) groups is 1. The molecule has 2 rings (SSSR count). The van der Waals surface area contributed by atoms with Crippen LogP contribution < -0.4 is 10.6 Å². The van der Waals surface area contributed by atoms with Gasteiger partial charge in [0.05, 0.1) is 11.3 Å². The molecule has 1 aromatic heterocycles. The lowest BCUT2D eigenvalue weighted by Gasteiger charge is -2.28. The van der Waals surface area contributed by atoms with Crippen molar-refractivity contribution >= 4 is 23.4 Å². The fraction of sp³-hybridized carbons (Fsp3) is 0.600. The van der Waals surface area contributed by atoms with Gasteiger partial charge in [-0.25, -0.2) is 0 Å². The Hall–Kier alpha value is -1.23. The van der Waals surface area contributed by atoms with Gasteiger partial charge in [0.25, 0.3) is 5.91 Å². The number of nitrogens with one attached hydrogen (secondary N) is 2. The number of amides is 1. The second-order valence-electron chi connectivity index (χ2n) is 5.30. The van der Waals surface area contributed by atoms with Gasteiger partial charge < -0.3 is 10.6 Å². The van der Waals surface area contributed by atoms with Crippen LogP contribution in [0.2, 0.25) is 0 Å². The van der Waals surface area contributed by atoms with E-state index < -0.39 is 0 Å². The van der Waals surface area contributed by atoms with Crippen LogP contribution in [0.5, 0.6) is 0 Å². The Morgan fingerprint density at radius 1 is 1.35 bits per heavy atom. The Balaban J connectivity index is 1.98. The van der Waals surface area contributed by atoms with Crippen LogP contribution in [-0.2, 0) is 0 Å². The molecule has 1 aromatic rings. The molecule has 0 atom stereocenters. The van der Waals surface area contributed by atoms with Crippen molar-refractivity contribution in [3.05, 3.63) is 23.5 Å². The minimum atomic E-state index is -0.0190. The fourth-order valence-corrected chi connectivity index (χ4v) is 3.40. The third-order valence-corrected chi connectivity index (χ3v) is 5.04. The number of nitrogens with zero attached hydrogens (tertiary/aromatic N) is 1. The highest BCUT2D eigenvalue weighted by molar-refractivity contribution is 7.99. The van der Waals surface area contributed by atoms with Gasteiger partial charge in [-0.15, -0.1) is 0 Å². The number of aromatic nitrogens is 1. The molecule has 1 fully saturated rings. The summed E-state index contributed by atoms with van der Waals surface area (Å²) in [6.07, 6.45) is 8.36. The van der Waals surface area contributed by atoms with Crippen LogP contribution >= 0.6 is 11.8 Å². The first-order valence-corrected chi connectivity index (χ1v) is 8.41. The molecule has 0 radical (unpaired) electrons. The molecule has 0 aromatic carbocycles. The van der Waals surface area contributed by atoms with Crippen molar-refractivity contribution in [2.45, 2.75) is 43.9 Å². The summed E-state index contributed by atoms with van der Waals surface area (Å²) in [6, 6.07) is 2.21. The first kappa shape index (κ1) is 15.2. The molecule has 1 aliphatic carbocycles. The monoisotopic (exact) mass is 293 g/mol. The number of aryl methyl sites for hydroxylation is 1. The maximum atomic E-state index is 12.4. The van der Waals surface area contributed by atoms with E-state index in [0.29, 0.717) is 11.6 Å². The van der Waals surface area contributed by atoms with Gasteiger partial charge in [0.15, 0.2) is 0 Å². The maximum absolute atomic E-state index is 12.4. The van der Waals surface area contributed by atoms with E-state index in [1.165, 1.54) is 12.8 Å². The van der Waals surface area contributed by atoms with Gasteiger partial charge in [0, 0.05) is 30.2 Å². The smallest absolute Gasteiger partial charge is 0.255 e. The predicted molar refractivity (Wildman–Crippen MR) is 85.5 cm³/mol. The third kappa shape index (κ3) is 3.66. The number of rotatable bonds is 4. The number of pyridine rings is 1. The summed E-state index contributed by atoms with van der Waals surface area (Å²) in [6.45, 7) is 1.92. The second-order valence-corrected chi connectivity index (χ2v) is 6.44. The molecule has 0 spiro atoms. The lowest BCUT2D eigenvalue weighted by molar-refractivity contribution is 0.0928. The van der Waals surface area contributed by atoms with Crippen molar-refractivity contribution in [1.82, 2.24) is 10.3 Å². The number of carbonyl (C=O) groups excluding carboxylic acids is 1. The number of carbonyl (C=O) groups is 1. The van der Waals surface area contributed by atoms with Crippen molar-refractivity contribution in [3.8, 4) is 0 Å². The number of hydrogen-bond donors (Lipinski definition) is 2. The summed E-state index contributed by atoms with van der Waals surface area (Å²) in [4.78, 5) is 16.6. The molecule has 20 heavy (non-hydrogen) atoms. The molecule has 2 N–H and O–H groups in total. The highest BCUT2D eigenvalue weighted by atomic mass is 32.2. The van der Waals surface area contributed by atoms with E-state index in [-0.39, 0.29) is 5.91 Å². The molecule has 4 nitrogen and oxygen atoms in total. The molecule has 1 aliphatic rings. The SMILES string of the molecule is CNc1cc(C)ncc1C(=O)NC1CCC(SC)CC1. The Morgan fingerprint density at radius 3 is 2.65 bits per heavy atom. The summed E-state index contributed by atoms with van der Waals surface area (Å²) >= 11 is 1.94. The van der Waals surface area contributed by atoms with E-state index in [4.69, 9.17) is 0 Å². The molecule has 110 valence electrons. The number of hydrogen-bond acceptors (Lipinski definition) is 4. The highest BCUT2D eigenvalue weighted by Crippen LogP contribution is 2.27. The van der Waals surface area contributed by atoms with E-state index in [9.17, 15) is 4.79 Å². The van der Waals surface area contributed by atoms with Crippen LogP contribution in [0.4, 0.5) is 5.69 Å². The summed E-state index contributed by atoms with van der Waals surface area (Å²) in [5.41, 5.74) is 2.38. The zero-order valence-electron chi connectivity index (χ0n) is 12.4. The molecule has 0 bridgehead atoms. The number of anilines is 1. The van der Waals surface area contributed by atoms with Gasteiger partial charge in [0.2, 0.25) is 0 Å². The summed E-state index contributed by atoms with van der Waals surface area (Å²) < 4.78 is 0. The highest BCUT2D eigenvalue weighted by Gasteiger charge is 2.23. The molecular weight excluding hydrogens is 270 g/mol. The van der Waals surface area contributed by atoms with E-state index in [1.54, 1.807) is 6.20 Å². The van der Waals surface area contributed by atoms with Gasteiger partial charge in [-0.3, -0.25) is 9.78 Å². The second kappa shape index (κ2) is 6.97. The van der Waals surface area contributed by atoms with Gasteiger partial charge in [-0.05, 0) is 44.9 Å². The Morgan fingerprint density at radius 2 is 2.05 bits per heavy atom. The van der Waals surface area contributed by atoms with Crippen molar-refractivity contribution in [1.29, 1.82) is 0 Å². The normalized spacial score (nSPS) is 22.4. The van der Waals surface area contributed by atoms with Crippen LogP contribution in [0.15, 0.2) is 12.3 Å². The van der Waals surface area contributed by atoms with E-state index in [2.05, 4.69) is 21.9 Å². The maximum Gasteiger partial charge on any atom is 0.255 e. The van der Waals surface area contributed by atoms with Crippen LogP contribution in [0.3, 0.4) is 0 Å². The quantitative estimate of drug-likeness (QED) is 0.896. The van der Waals surface area contributed by atoms with Gasteiger partial charge in [0.1, 0.15) is 0 Å². The Bertz CT molecular complexity index is 470. The zero-order chi connectivity index (χ0) is 14.5. The topological polar surface area (TPSA) is 54.0 Å². The van der Waals surface area contributed by atoms with Crippen molar-refractivity contribution in [2.75, 3.05) is 18.6 Å². The van der Waals surface area contributed by atoms with Gasteiger partial charge >= 0.3 is 0 Å². The first-order chi connectivity index (χ1) is 9.63. The summed E-state index contributed by atoms with van der Waals surface area (Å²) in [5, 5.41) is 6.97. The first-order valence-electron chi connectivity index (χ1n) is 7.12. The van der Waals surface area contributed by atoms with Gasteiger partial charge in [-0.2, -0.15) is 11.8 Å². The molecule has 1 heterocycles. The van der Waals surface area contributed by atoms with Crippen LogP contribution in [0.25, 0.3) is 0 Å². The lowest BCUT2D eigenvalue weighted by Crippen LogP contribution is -2.38. The van der Waals surface area contributed by atoms with Crippen molar-refractivity contribution in [2.24, 2.45) is 0 Å². The van der Waals surface area contributed by atoms with E-state index >= 15 is 0 Å². The average Bonchev–Trinajstić information content (AvgIpc) is 2.47. The fourth-order valence-electron chi connectivity index (χ4n) is 2.65. The largest absolute Gasteiger partial charge is 0.387 e. The standard InChI is InChI=1S/C15H23N3OS/c1-10-8-14(16-2)13(9-17-10)15(19)18-11-4-6-12(20-3)7-5-11/h8-9,11-12H,4-7H2,1-3H3,(H,16,17)(H,18,19). The van der Waals surface area contributed by atoms with E-state index in [0.717, 1.165) is 29.5 Å². The Kier molecular flexibility index (Phi) is 5.29. The molecule has 0 saturated heterocycles. The molecule has 0 aliphatic heterocycles. The minimum absolute atomic E-state index is 0.0190. The summed E-state index contributed by atoms with van der Waals surface area (Å²) in [7, 11) is 1.83. The van der Waals surface area contributed by atoms with Gasteiger partial charge in [-0.1, -0.05) is 0 Å². The van der Waals surface area contributed by atoms with Crippen LogP contribution in [-0.4, -0.2) is 35.5 Å². The van der Waals surface area contributed by atoms with E-state index in [1.807, 2.05) is 31.8 Å². The molecular formula is C15H23N3OS. The third-order valence-electron chi connectivity index (χ3n) is 3.90. The van der Waals surface area contributed by atoms with Crippen LogP contribution in [0.1, 0.15) is 41.7 Å². The molecule has 1 amide bonds. The average molecular weight is 293 g/mol. The van der Waals surface area contributed by atoms with Crippen molar-refractivity contribution < 1.29 is 4.79 Å². The minimum Gasteiger partial charge on any atom is -0.387 e. The molecule has 5 heteroatoms. The van der Waals surface area contributed by atoms with Crippen molar-refractivity contribution in [3.63, 3.8) is 0 Å². The Labute approximate surface area is 125 Å². The predicted octanol–water partition coefficient (Wildman–Crippen LogP) is 2.84. The molecule has 1 saturated carbocycles. The zero-order valence-corrected chi connectivity index (χ0v) is 13.2.